The molecular formula is C13H14ClN5OS. The first-order valence-electron chi connectivity index (χ1n) is 6.58. The molecule has 21 heavy (non-hydrogen) atoms. The summed E-state index contributed by atoms with van der Waals surface area (Å²) in [6.07, 6.45) is 1.71. The molecule has 0 radical (unpaired) electrons. The van der Waals surface area contributed by atoms with Crippen molar-refractivity contribution in [3.05, 3.63) is 28.7 Å². The van der Waals surface area contributed by atoms with Gasteiger partial charge in [-0.15, -0.1) is 11.3 Å². The lowest BCUT2D eigenvalue weighted by atomic mass is 10.3. The molecule has 1 saturated heterocycles. The zero-order valence-corrected chi connectivity index (χ0v) is 12.7. The van der Waals surface area contributed by atoms with E-state index in [0.29, 0.717) is 25.6 Å². The molecule has 2 N–H and O–H groups in total. The van der Waals surface area contributed by atoms with Crippen LogP contribution in [0.3, 0.4) is 0 Å². The second-order valence-corrected chi connectivity index (χ2v) is 6.23. The summed E-state index contributed by atoms with van der Waals surface area (Å²) >= 11 is 7.42. The van der Waals surface area contributed by atoms with Crippen molar-refractivity contribution in [2.45, 2.75) is 0 Å². The molecule has 0 atom stereocenters. The molecule has 2 aromatic heterocycles. The molecule has 0 spiro atoms. The Morgan fingerprint density at radius 2 is 2.33 bits per heavy atom. The Hall–Kier alpha value is -1.86. The van der Waals surface area contributed by atoms with Crippen molar-refractivity contribution in [2.24, 2.45) is 0 Å². The fourth-order valence-corrected chi connectivity index (χ4v) is 3.07. The summed E-state index contributed by atoms with van der Waals surface area (Å²) in [5.74, 6) is 0.552. The molecule has 6 nitrogen and oxygen atoms in total. The van der Waals surface area contributed by atoms with Crippen molar-refractivity contribution in [3.8, 4) is 10.6 Å². The van der Waals surface area contributed by atoms with Crippen LogP contribution in [0.1, 0.15) is 0 Å². The smallest absolute Gasteiger partial charge is 0.317 e. The summed E-state index contributed by atoms with van der Waals surface area (Å²) in [6.45, 7) is 2.70. The second kappa shape index (κ2) is 6.28. The topological polar surface area (TPSA) is 70.2 Å². The maximum atomic E-state index is 11.4. The van der Waals surface area contributed by atoms with E-state index in [1.54, 1.807) is 11.1 Å². The number of nitrogens with zero attached hydrogens (tertiary/aromatic N) is 3. The van der Waals surface area contributed by atoms with Crippen LogP contribution in [0.15, 0.2) is 24.4 Å². The van der Waals surface area contributed by atoms with Crippen LogP contribution in [0.2, 0.25) is 4.34 Å². The van der Waals surface area contributed by atoms with Crippen LogP contribution >= 0.6 is 22.9 Å². The summed E-state index contributed by atoms with van der Waals surface area (Å²) in [7, 11) is 0. The number of amides is 2. The number of carbonyl (C=O) groups is 1. The van der Waals surface area contributed by atoms with Crippen LogP contribution in [0, 0.1) is 0 Å². The highest BCUT2D eigenvalue weighted by Gasteiger charge is 2.18. The molecule has 110 valence electrons. The largest absolute Gasteiger partial charge is 0.352 e. The Kier molecular flexibility index (Phi) is 4.21. The lowest BCUT2D eigenvalue weighted by molar-refractivity contribution is 0.219. The molecule has 2 amide bonds. The van der Waals surface area contributed by atoms with Gasteiger partial charge in [-0.25, -0.2) is 14.8 Å². The molecule has 1 fully saturated rings. The Morgan fingerprint density at radius 1 is 1.43 bits per heavy atom. The molecule has 0 bridgehead atoms. The van der Waals surface area contributed by atoms with Gasteiger partial charge in [0.2, 0.25) is 5.95 Å². The van der Waals surface area contributed by atoms with Crippen molar-refractivity contribution in [1.29, 1.82) is 0 Å². The van der Waals surface area contributed by atoms with Gasteiger partial charge < -0.3 is 15.5 Å². The lowest BCUT2D eigenvalue weighted by Crippen LogP contribution is -2.32. The molecule has 1 aliphatic rings. The highest BCUT2D eigenvalue weighted by Crippen LogP contribution is 2.29. The van der Waals surface area contributed by atoms with Gasteiger partial charge in [-0.2, -0.15) is 0 Å². The fraction of sp³-hybridized carbons (Fsp3) is 0.308. The van der Waals surface area contributed by atoms with Crippen LogP contribution in [0.25, 0.3) is 10.6 Å². The molecule has 0 unspecified atom stereocenters. The molecule has 3 heterocycles. The van der Waals surface area contributed by atoms with E-state index in [1.807, 2.05) is 18.2 Å². The third-order valence-corrected chi connectivity index (χ3v) is 4.34. The van der Waals surface area contributed by atoms with Crippen molar-refractivity contribution in [2.75, 3.05) is 31.5 Å². The molecule has 8 heteroatoms. The SMILES string of the molecule is O=C1NCCN1CCNc1nccc(-c2ccc(Cl)s2)n1. The van der Waals surface area contributed by atoms with E-state index in [-0.39, 0.29) is 6.03 Å². The Morgan fingerprint density at radius 3 is 3.05 bits per heavy atom. The minimum absolute atomic E-state index is 0.0142. The normalized spacial score (nSPS) is 14.3. The van der Waals surface area contributed by atoms with E-state index in [0.717, 1.165) is 21.5 Å². The number of rotatable bonds is 5. The Bertz CT molecular complexity index is 647. The van der Waals surface area contributed by atoms with Gasteiger partial charge in [0.1, 0.15) is 0 Å². The standard InChI is InChI=1S/C13H14ClN5OS/c14-11-2-1-10(21-11)9-3-4-15-12(18-9)16-5-7-19-8-6-17-13(19)20/h1-4H,5-8H2,(H,17,20)(H,15,16,18). The Labute approximate surface area is 131 Å². The number of hydrogen-bond donors (Lipinski definition) is 2. The fourth-order valence-electron chi connectivity index (χ4n) is 2.06. The average molecular weight is 324 g/mol. The average Bonchev–Trinajstić information content (AvgIpc) is 3.09. The first-order valence-corrected chi connectivity index (χ1v) is 7.77. The first-order chi connectivity index (χ1) is 10.2. The van der Waals surface area contributed by atoms with Gasteiger partial charge >= 0.3 is 6.03 Å². The summed E-state index contributed by atoms with van der Waals surface area (Å²) in [5, 5.41) is 5.90. The summed E-state index contributed by atoms with van der Waals surface area (Å²) in [6, 6.07) is 5.62. The maximum absolute atomic E-state index is 11.4. The third kappa shape index (κ3) is 3.43. The van der Waals surface area contributed by atoms with Gasteiger partial charge in [-0.3, -0.25) is 0 Å². The summed E-state index contributed by atoms with van der Waals surface area (Å²) < 4.78 is 0.734. The van der Waals surface area contributed by atoms with E-state index in [4.69, 9.17) is 11.6 Å². The van der Waals surface area contributed by atoms with E-state index in [9.17, 15) is 4.79 Å². The number of aromatic nitrogens is 2. The maximum Gasteiger partial charge on any atom is 0.317 e. The van der Waals surface area contributed by atoms with Crippen LogP contribution in [-0.4, -0.2) is 47.1 Å². The quantitative estimate of drug-likeness (QED) is 0.885. The van der Waals surface area contributed by atoms with Gasteiger partial charge in [0, 0.05) is 32.4 Å². The number of hydrogen-bond acceptors (Lipinski definition) is 5. The van der Waals surface area contributed by atoms with E-state index < -0.39 is 0 Å². The predicted molar refractivity (Wildman–Crippen MR) is 83.8 cm³/mol. The van der Waals surface area contributed by atoms with Crippen LogP contribution in [0.5, 0.6) is 0 Å². The van der Waals surface area contributed by atoms with Gasteiger partial charge in [-0.05, 0) is 18.2 Å². The van der Waals surface area contributed by atoms with Crippen molar-refractivity contribution in [1.82, 2.24) is 20.2 Å². The monoisotopic (exact) mass is 323 g/mol. The number of nitrogens with one attached hydrogen (secondary N) is 2. The van der Waals surface area contributed by atoms with Crippen molar-refractivity contribution in [3.63, 3.8) is 0 Å². The van der Waals surface area contributed by atoms with Crippen molar-refractivity contribution >= 4 is 34.9 Å². The second-order valence-electron chi connectivity index (χ2n) is 4.51. The van der Waals surface area contributed by atoms with E-state index in [2.05, 4.69) is 20.6 Å². The van der Waals surface area contributed by atoms with Gasteiger partial charge in [0.15, 0.2) is 0 Å². The molecular weight excluding hydrogens is 310 g/mol. The minimum Gasteiger partial charge on any atom is -0.352 e. The van der Waals surface area contributed by atoms with E-state index >= 15 is 0 Å². The molecule has 2 aromatic rings. The Balaban J connectivity index is 1.60. The minimum atomic E-state index is -0.0142. The van der Waals surface area contributed by atoms with Crippen LogP contribution < -0.4 is 10.6 Å². The van der Waals surface area contributed by atoms with E-state index in [1.165, 1.54) is 11.3 Å². The number of urea groups is 1. The molecule has 3 rings (SSSR count). The zero-order chi connectivity index (χ0) is 14.7. The highest BCUT2D eigenvalue weighted by molar-refractivity contribution is 7.19. The number of anilines is 1. The van der Waals surface area contributed by atoms with Crippen LogP contribution in [-0.2, 0) is 0 Å². The first kappa shape index (κ1) is 14.1. The molecule has 0 saturated carbocycles. The van der Waals surface area contributed by atoms with Gasteiger partial charge in [0.05, 0.1) is 14.9 Å². The predicted octanol–water partition coefficient (Wildman–Crippen LogP) is 2.30. The third-order valence-electron chi connectivity index (χ3n) is 3.09. The zero-order valence-electron chi connectivity index (χ0n) is 11.2. The number of halogens is 1. The summed E-state index contributed by atoms with van der Waals surface area (Å²) in [5.41, 5.74) is 0.836. The summed E-state index contributed by atoms with van der Waals surface area (Å²) in [4.78, 5) is 22.8. The molecule has 1 aliphatic heterocycles. The lowest BCUT2D eigenvalue weighted by Gasteiger charge is -2.14. The number of thiophene rings is 1. The molecule has 0 aliphatic carbocycles. The van der Waals surface area contributed by atoms with Crippen molar-refractivity contribution < 1.29 is 4.79 Å². The van der Waals surface area contributed by atoms with Crippen LogP contribution in [0.4, 0.5) is 10.7 Å². The van der Waals surface area contributed by atoms with Gasteiger partial charge in [0.25, 0.3) is 0 Å². The number of carbonyl (C=O) groups excluding carboxylic acids is 1. The van der Waals surface area contributed by atoms with Gasteiger partial charge in [-0.1, -0.05) is 11.6 Å². The highest BCUT2D eigenvalue weighted by atomic mass is 35.5. The molecule has 0 aromatic carbocycles.